The first-order valence-electron chi connectivity index (χ1n) is 8.82. The van der Waals surface area contributed by atoms with Crippen molar-refractivity contribution in [1.29, 1.82) is 0 Å². The molecule has 1 saturated heterocycles. The molecule has 1 unspecified atom stereocenters. The molecule has 2 aliphatic rings. The number of carboxylic acid groups (broad SMARTS) is 1. The lowest BCUT2D eigenvalue weighted by Crippen LogP contribution is -2.28. The maximum Gasteiger partial charge on any atom is 0.341 e. The van der Waals surface area contributed by atoms with E-state index in [-0.39, 0.29) is 47.0 Å². The number of pyridine rings is 1. The van der Waals surface area contributed by atoms with Crippen molar-refractivity contribution >= 4 is 40.7 Å². The normalized spacial score (nSPS) is 19.0. The molecule has 1 aromatic heterocycles. The smallest absolute Gasteiger partial charge is 0.341 e. The van der Waals surface area contributed by atoms with Crippen LogP contribution in [-0.4, -0.2) is 41.9 Å². The lowest BCUT2D eigenvalue weighted by Gasteiger charge is -2.25. The molecule has 152 valence electrons. The number of carboxylic acids is 1. The molecule has 0 spiro atoms. The van der Waals surface area contributed by atoms with E-state index in [1.165, 1.54) is 13.3 Å². The topological polar surface area (TPSA) is 124 Å². The molecule has 8 nitrogen and oxygen atoms in total. The Morgan fingerprint density at radius 3 is 2.54 bits per heavy atom. The van der Waals surface area contributed by atoms with Gasteiger partial charge in [-0.05, 0) is 19.3 Å². The number of fused-ring (bicyclic) bond motifs is 1. The van der Waals surface area contributed by atoms with E-state index in [9.17, 15) is 14.7 Å². The number of hydrogen-bond acceptors (Lipinski definition) is 6. The van der Waals surface area contributed by atoms with Crippen LogP contribution in [0.2, 0.25) is 0 Å². The second kappa shape index (κ2) is 7.14. The molecule has 2 heterocycles. The monoisotopic (exact) mass is 412 g/mol. The number of rotatable bonds is 4. The summed E-state index contributed by atoms with van der Waals surface area (Å²) in [5.41, 5.74) is 10.9. The van der Waals surface area contributed by atoms with E-state index < -0.39 is 22.8 Å². The summed E-state index contributed by atoms with van der Waals surface area (Å²) < 4.78 is 22.5. The van der Waals surface area contributed by atoms with Crippen molar-refractivity contribution in [3.8, 4) is 5.75 Å². The highest BCUT2D eigenvalue weighted by atomic mass is 35.5. The standard InChI is InChI=1S/C18H21FN4O4.ClH/c1-27-17-14-11(13(21)12(19)15(17)22-5-4-8(20)6-22)16(24)10(18(25)26)7-23(14)9-2-3-9;/h7-9H,2-6,20-21H2,1H3,(H,25,26);1H. The van der Waals surface area contributed by atoms with Crippen molar-refractivity contribution in [2.75, 3.05) is 30.8 Å². The summed E-state index contributed by atoms with van der Waals surface area (Å²) in [6, 6.07) is -0.0651. The molecule has 28 heavy (non-hydrogen) atoms. The number of nitrogens with zero attached hydrogens (tertiary/aromatic N) is 2. The lowest BCUT2D eigenvalue weighted by atomic mass is 10.1. The number of aromatic nitrogens is 1. The number of hydrogen-bond donors (Lipinski definition) is 3. The van der Waals surface area contributed by atoms with E-state index in [0.717, 1.165) is 12.8 Å². The largest absolute Gasteiger partial charge is 0.492 e. The first-order chi connectivity index (χ1) is 12.8. The second-order valence-electron chi connectivity index (χ2n) is 7.14. The van der Waals surface area contributed by atoms with Crippen LogP contribution >= 0.6 is 12.4 Å². The van der Waals surface area contributed by atoms with Crippen molar-refractivity contribution in [2.24, 2.45) is 5.73 Å². The molecule has 2 fully saturated rings. The Morgan fingerprint density at radius 2 is 2.04 bits per heavy atom. The number of anilines is 2. The molecule has 5 N–H and O–H groups in total. The second-order valence-corrected chi connectivity index (χ2v) is 7.14. The zero-order valence-corrected chi connectivity index (χ0v) is 16.1. The van der Waals surface area contributed by atoms with Gasteiger partial charge in [0, 0.05) is 31.4 Å². The third-order valence-electron chi connectivity index (χ3n) is 5.29. The molecule has 1 aliphatic carbocycles. The maximum absolute atomic E-state index is 15.2. The van der Waals surface area contributed by atoms with Gasteiger partial charge < -0.3 is 30.8 Å². The Morgan fingerprint density at radius 1 is 1.36 bits per heavy atom. The molecule has 1 saturated carbocycles. The predicted molar refractivity (Wildman–Crippen MR) is 106 cm³/mol. The van der Waals surface area contributed by atoms with E-state index in [1.54, 1.807) is 9.47 Å². The molecular weight excluding hydrogens is 391 g/mol. The lowest BCUT2D eigenvalue weighted by molar-refractivity contribution is 0.0695. The van der Waals surface area contributed by atoms with Gasteiger partial charge in [-0.3, -0.25) is 4.79 Å². The highest BCUT2D eigenvalue weighted by molar-refractivity contribution is 6.03. The molecule has 0 radical (unpaired) electrons. The van der Waals surface area contributed by atoms with Crippen LogP contribution < -0.4 is 26.5 Å². The van der Waals surface area contributed by atoms with E-state index in [2.05, 4.69) is 0 Å². The quantitative estimate of drug-likeness (QED) is 0.653. The molecule has 2 aromatic rings. The fourth-order valence-corrected chi connectivity index (χ4v) is 3.82. The third-order valence-corrected chi connectivity index (χ3v) is 5.29. The van der Waals surface area contributed by atoms with Crippen LogP contribution in [-0.2, 0) is 0 Å². The zero-order valence-electron chi connectivity index (χ0n) is 15.3. The molecule has 1 aliphatic heterocycles. The van der Waals surface area contributed by atoms with Gasteiger partial charge in [-0.2, -0.15) is 0 Å². The number of aromatic carboxylic acids is 1. The molecule has 4 rings (SSSR count). The van der Waals surface area contributed by atoms with Crippen LogP contribution in [0.4, 0.5) is 15.8 Å². The van der Waals surface area contributed by atoms with Gasteiger partial charge in [0.25, 0.3) is 0 Å². The van der Waals surface area contributed by atoms with Gasteiger partial charge in [-0.15, -0.1) is 12.4 Å². The third kappa shape index (κ3) is 2.94. The maximum atomic E-state index is 15.2. The molecule has 10 heteroatoms. The highest BCUT2D eigenvalue weighted by Crippen LogP contribution is 2.46. The van der Waals surface area contributed by atoms with E-state index in [1.807, 2.05) is 0 Å². The van der Waals surface area contributed by atoms with Gasteiger partial charge in [-0.1, -0.05) is 0 Å². The zero-order chi connectivity index (χ0) is 19.5. The number of methoxy groups -OCH3 is 1. The summed E-state index contributed by atoms with van der Waals surface area (Å²) in [6.07, 6.45) is 3.68. The summed E-state index contributed by atoms with van der Waals surface area (Å²) in [6.45, 7) is 0.985. The molecule has 0 amide bonds. The minimum absolute atomic E-state index is 0. The molecule has 1 atom stereocenters. The summed E-state index contributed by atoms with van der Waals surface area (Å²) >= 11 is 0. The van der Waals surface area contributed by atoms with E-state index in [0.29, 0.717) is 25.0 Å². The molecular formula is C18H22ClFN4O4. The number of nitrogen functional groups attached to an aromatic ring is 1. The fraction of sp³-hybridized carbons (Fsp3) is 0.444. The minimum atomic E-state index is -1.37. The Balaban J connectivity index is 0.00000225. The van der Waals surface area contributed by atoms with Gasteiger partial charge in [-0.25, -0.2) is 9.18 Å². The summed E-state index contributed by atoms with van der Waals surface area (Å²) in [7, 11) is 1.40. The van der Waals surface area contributed by atoms with Crippen molar-refractivity contribution < 1.29 is 19.0 Å². The van der Waals surface area contributed by atoms with Crippen molar-refractivity contribution in [1.82, 2.24) is 4.57 Å². The van der Waals surface area contributed by atoms with E-state index >= 15 is 4.39 Å². The number of ether oxygens (including phenoxy) is 1. The number of benzene rings is 1. The summed E-state index contributed by atoms with van der Waals surface area (Å²) in [5, 5.41) is 9.24. The van der Waals surface area contributed by atoms with Crippen LogP contribution in [0.1, 0.15) is 35.7 Å². The Hall–Kier alpha value is -2.52. The van der Waals surface area contributed by atoms with E-state index in [4.69, 9.17) is 16.2 Å². The van der Waals surface area contributed by atoms with Crippen LogP contribution in [0.15, 0.2) is 11.0 Å². The predicted octanol–water partition coefficient (Wildman–Crippen LogP) is 1.72. The first-order valence-corrected chi connectivity index (χ1v) is 8.82. The van der Waals surface area contributed by atoms with Gasteiger partial charge in [0.1, 0.15) is 11.3 Å². The number of carbonyl (C=O) groups is 1. The van der Waals surface area contributed by atoms with Gasteiger partial charge in [0.2, 0.25) is 5.43 Å². The summed E-state index contributed by atoms with van der Waals surface area (Å²) in [5.74, 6) is -1.97. The SMILES string of the molecule is COc1c(N2CCC(N)C2)c(F)c(N)c2c(=O)c(C(=O)O)cn(C3CC3)c12.Cl. The average molecular weight is 413 g/mol. The minimum Gasteiger partial charge on any atom is -0.492 e. The van der Waals surface area contributed by atoms with Crippen LogP contribution in [0.5, 0.6) is 5.75 Å². The van der Waals surface area contributed by atoms with Crippen molar-refractivity contribution in [3.63, 3.8) is 0 Å². The van der Waals surface area contributed by atoms with Crippen molar-refractivity contribution in [3.05, 3.63) is 27.8 Å². The highest BCUT2D eigenvalue weighted by Gasteiger charge is 2.34. The van der Waals surface area contributed by atoms with Crippen molar-refractivity contribution in [2.45, 2.75) is 31.3 Å². The average Bonchev–Trinajstić information content (AvgIpc) is 3.38. The summed E-state index contributed by atoms with van der Waals surface area (Å²) in [4.78, 5) is 26.0. The fourth-order valence-electron chi connectivity index (χ4n) is 3.82. The van der Waals surface area contributed by atoms with Gasteiger partial charge >= 0.3 is 5.97 Å². The first kappa shape index (κ1) is 20.2. The van der Waals surface area contributed by atoms with Crippen LogP contribution in [0.3, 0.4) is 0 Å². The number of nitrogens with two attached hydrogens (primary N) is 2. The Bertz CT molecular complexity index is 1020. The van der Waals surface area contributed by atoms with Crippen LogP contribution in [0, 0.1) is 5.82 Å². The Labute approximate surface area is 166 Å². The van der Waals surface area contributed by atoms with Crippen LogP contribution in [0.25, 0.3) is 10.9 Å². The van der Waals surface area contributed by atoms with Gasteiger partial charge in [0.15, 0.2) is 11.6 Å². The molecule has 1 aromatic carbocycles. The Kier molecular flexibility index (Phi) is 5.16. The number of halogens is 2. The molecule has 0 bridgehead atoms. The van der Waals surface area contributed by atoms with Gasteiger partial charge in [0.05, 0.1) is 23.7 Å².